The summed E-state index contributed by atoms with van der Waals surface area (Å²) >= 11 is 0. The highest BCUT2D eigenvalue weighted by Gasteiger charge is 2.53. The summed E-state index contributed by atoms with van der Waals surface area (Å²) in [5.74, 6) is -0.598. The van der Waals surface area contributed by atoms with Crippen molar-refractivity contribution < 1.29 is 29.3 Å². The molecular weight excluding hydrogens is 372 g/mol. The Morgan fingerprint density at radius 1 is 1.34 bits per heavy atom. The Kier molecular flexibility index (Phi) is 5.28. The lowest BCUT2D eigenvalue weighted by Crippen LogP contribution is -2.45. The van der Waals surface area contributed by atoms with E-state index in [1.165, 1.54) is 13.2 Å². The third-order valence-corrected chi connectivity index (χ3v) is 5.50. The molecule has 2 aliphatic heterocycles. The number of ether oxygens (including phenoxy) is 2. The number of Topliss-reactive ketones (excluding diaryl/α,β-unsaturated/α-hetero) is 1. The van der Waals surface area contributed by atoms with E-state index >= 15 is 0 Å². The molecule has 0 spiro atoms. The number of esters is 1. The van der Waals surface area contributed by atoms with Crippen molar-refractivity contribution in [2.75, 3.05) is 0 Å². The summed E-state index contributed by atoms with van der Waals surface area (Å²) in [5, 5.41) is 21.0. The molecule has 2 heterocycles. The number of ketones is 1. The SMILES string of the molecule is CC[C@](C)(O)/C=C(C)\C=C\C1=CC2=CC3=C(C(C)=O)C(=O)O[C@@]3(C)[C@H](O)C2=CO1. The lowest BCUT2D eigenvalue weighted by atomic mass is 9.76. The zero-order valence-electron chi connectivity index (χ0n) is 17.3. The van der Waals surface area contributed by atoms with Crippen LogP contribution in [0.25, 0.3) is 0 Å². The maximum absolute atomic E-state index is 12.2. The number of rotatable bonds is 5. The fourth-order valence-electron chi connectivity index (χ4n) is 3.62. The summed E-state index contributed by atoms with van der Waals surface area (Å²) < 4.78 is 11.0. The minimum absolute atomic E-state index is 0.0318. The fraction of sp³-hybridized carbons (Fsp3) is 0.391. The standard InChI is InChI=1S/C23H26O6/c1-6-22(4,27)11-13(2)7-8-16-9-15-10-18-19(14(3)24)21(26)29-23(18,5)20(25)17(15)12-28-16/h7-12,20,25,27H,6H2,1-5H3/b8-7+,13-11-/t20-,22+,23-/m1/s1. The van der Waals surface area contributed by atoms with Gasteiger partial charge >= 0.3 is 5.97 Å². The number of hydrogen-bond donors (Lipinski definition) is 2. The van der Waals surface area contributed by atoms with Crippen LogP contribution in [0, 0.1) is 0 Å². The second-order valence-electron chi connectivity index (χ2n) is 8.01. The first-order valence-electron chi connectivity index (χ1n) is 9.56. The van der Waals surface area contributed by atoms with Gasteiger partial charge in [-0.2, -0.15) is 0 Å². The van der Waals surface area contributed by atoms with E-state index in [9.17, 15) is 19.8 Å². The van der Waals surface area contributed by atoms with Gasteiger partial charge in [-0.25, -0.2) is 4.79 Å². The minimum Gasteiger partial charge on any atom is -0.465 e. The van der Waals surface area contributed by atoms with Crippen molar-refractivity contribution in [3.8, 4) is 0 Å². The first-order chi connectivity index (χ1) is 13.5. The summed E-state index contributed by atoms with van der Waals surface area (Å²) in [6.07, 6.45) is 9.65. The van der Waals surface area contributed by atoms with Crippen LogP contribution in [0.2, 0.25) is 0 Å². The first kappa shape index (κ1) is 21.0. The Bertz CT molecular complexity index is 954. The summed E-state index contributed by atoms with van der Waals surface area (Å²) in [6.45, 7) is 8.42. The number of carbonyl (C=O) groups excluding carboxylic acids is 2. The molecular formula is C23H26O6. The molecule has 0 amide bonds. The second-order valence-corrected chi connectivity index (χ2v) is 8.01. The summed E-state index contributed by atoms with van der Waals surface area (Å²) in [6, 6.07) is 0. The van der Waals surface area contributed by atoms with Crippen molar-refractivity contribution in [3.63, 3.8) is 0 Å². The smallest absolute Gasteiger partial charge is 0.343 e. The Labute approximate surface area is 170 Å². The van der Waals surface area contributed by atoms with Gasteiger partial charge < -0.3 is 19.7 Å². The van der Waals surface area contributed by atoms with E-state index < -0.39 is 29.1 Å². The van der Waals surface area contributed by atoms with E-state index in [-0.39, 0.29) is 5.57 Å². The highest BCUT2D eigenvalue weighted by atomic mass is 16.6. The highest BCUT2D eigenvalue weighted by Crippen LogP contribution is 2.46. The van der Waals surface area contributed by atoms with Gasteiger partial charge in [0.15, 0.2) is 11.4 Å². The molecule has 0 saturated heterocycles. The lowest BCUT2D eigenvalue weighted by Gasteiger charge is -2.37. The molecule has 3 rings (SSSR count). The van der Waals surface area contributed by atoms with Gasteiger partial charge in [-0.15, -0.1) is 0 Å². The van der Waals surface area contributed by atoms with E-state index in [0.717, 1.165) is 5.57 Å². The molecule has 0 bridgehead atoms. The summed E-state index contributed by atoms with van der Waals surface area (Å²) in [7, 11) is 0. The number of allylic oxidation sites excluding steroid dienone is 4. The van der Waals surface area contributed by atoms with Gasteiger partial charge in [0.1, 0.15) is 17.4 Å². The van der Waals surface area contributed by atoms with Crippen molar-refractivity contribution in [3.05, 3.63) is 70.3 Å². The molecule has 29 heavy (non-hydrogen) atoms. The van der Waals surface area contributed by atoms with Crippen LogP contribution in [-0.4, -0.2) is 39.3 Å². The Morgan fingerprint density at radius 3 is 2.66 bits per heavy atom. The first-order valence-corrected chi connectivity index (χ1v) is 9.56. The maximum Gasteiger partial charge on any atom is 0.343 e. The van der Waals surface area contributed by atoms with Gasteiger partial charge in [0.25, 0.3) is 0 Å². The summed E-state index contributed by atoms with van der Waals surface area (Å²) in [4.78, 5) is 24.1. The average molecular weight is 398 g/mol. The molecule has 154 valence electrons. The predicted molar refractivity (Wildman–Crippen MR) is 107 cm³/mol. The summed E-state index contributed by atoms with van der Waals surface area (Å²) in [5.41, 5.74) is 0.152. The molecule has 0 aromatic carbocycles. The molecule has 0 fully saturated rings. The third kappa shape index (κ3) is 3.78. The van der Waals surface area contributed by atoms with Crippen molar-refractivity contribution in [1.82, 2.24) is 0 Å². The zero-order chi connectivity index (χ0) is 21.6. The normalized spacial score (nSPS) is 28.7. The van der Waals surface area contributed by atoms with E-state index in [1.807, 2.05) is 19.9 Å². The zero-order valence-corrected chi connectivity index (χ0v) is 17.3. The van der Waals surface area contributed by atoms with Gasteiger partial charge in [0, 0.05) is 11.1 Å². The van der Waals surface area contributed by atoms with Crippen molar-refractivity contribution in [2.45, 2.75) is 58.3 Å². The van der Waals surface area contributed by atoms with Crippen LogP contribution >= 0.6 is 0 Å². The molecule has 6 nitrogen and oxygen atoms in total. The molecule has 1 aliphatic carbocycles. The third-order valence-electron chi connectivity index (χ3n) is 5.50. The van der Waals surface area contributed by atoms with Crippen LogP contribution in [0.4, 0.5) is 0 Å². The number of fused-ring (bicyclic) bond motifs is 2. The van der Waals surface area contributed by atoms with E-state index in [0.29, 0.717) is 28.9 Å². The Hall–Kier alpha value is -2.70. The topological polar surface area (TPSA) is 93.1 Å². The molecule has 0 unspecified atom stereocenters. The monoisotopic (exact) mass is 398 g/mol. The van der Waals surface area contributed by atoms with Gasteiger partial charge in [-0.3, -0.25) is 4.79 Å². The molecule has 0 aromatic rings. The number of carbonyl (C=O) groups is 2. The van der Waals surface area contributed by atoms with Crippen LogP contribution < -0.4 is 0 Å². The van der Waals surface area contributed by atoms with Crippen molar-refractivity contribution in [2.24, 2.45) is 0 Å². The lowest BCUT2D eigenvalue weighted by molar-refractivity contribution is -0.152. The Balaban J connectivity index is 1.97. The van der Waals surface area contributed by atoms with Gasteiger partial charge in [-0.05, 0) is 57.9 Å². The largest absolute Gasteiger partial charge is 0.465 e. The van der Waals surface area contributed by atoms with Crippen LogP contribution in [0.1, 0.15) is 41.0 Å². The number of aliphatic hydroxyl groups is 2. The molecule has 0 aromatic heterocycles. The van der Waals surface area contributed by atoms with Crippen LogP contribution in [0.15, 0.2) is 70.3 Å². The van der Waals surface area contributed by atoms with Crippen LogP contribution in [0.5, 0.6) is 0 Å². The number of hydrogen-bond acceptors (Lipinski definition) is 6. The van der Waals surface area contributed by atoms with E-state index in [1.54, 1.807) is 38.2 Å². The van der Waals surface area contributed by atoms with Gasteiger partial charge in [0.2, 0.25) is 0 Å². The molecule has 2 N–H and O–H groups in total. The molecule has 0 radical (unpaired) electrons. The van der Waals surface area contributed by atoms with Crippen molar-refractivity contribution >= 4 is 11.8 Å². The highest BCUT2D eigenvalue weighted by molar-refractivity contribution is 6.19. The molecule has 0 saturated carbocycles. The second kappa shape index (κ2) is 7.28. The Morgan fingerprint density at radius 2 is 2.03 bits per heavy atom. The molecule has 3 aliphatic rings. The predicted octanol–water partition coefficient (Wildman–Crippen LogP) is 2.95. The quantitative estimate of drug-likeness (QED) is 0.420. The van der Waals surface area contributed by atoms with Crippen LogP contribution in [-0.2, 0) is 19.1 Å². The van der Waals surface area contributed by atoms with Gasteiger partial charge in [0.05, 0.1) is 11.9 Å². The average Bonchev–Trinajstić information content (AvgIpc) is 2.90. The fourth-order valence-corrected chi connectivity index (χ4v) is 3.62. The maximum atomic E-state index is 12.2. The molecule has 6 heteroatoms. The number of aliphatic hydroxyl groups excluding tert-OH is 1. The van der Waals surface area contributed by atoms with E-state index in [4.69, 9.17) is 9.47 Å². The van der Waals surface area contributed by atoms with Crippen LogP contribution in [0.3, 0.4) is 0 Å². The van der Waals surface area contributed by atoms with E-state index in [2.05, 4.69) is 0 Å². The molecule has 3 atom stereocenters. The van der Waals surface area contributed by atoms with Gasteiger partial charge in [-0.1, -0.05) is 24.6 Å². The minimum atomic E-state index is -1.32. The van der Waals surface area contributed by atoms with Crippen molar-refractivity contribution in [1.29, 1.82) is 0 Å².